The summed E-state index contributed by atoms with van der Waals surface area (Å²) in [6.45, 7) is 4.82. The quantitative estimate of drug-likeness (QED) is 0.367. The molecule has 4 rings (SSSR count). The zero-order valence-corrected chi connectivity index (χ0v) is 18.7. The second-order valence-corrected chi connectivity index (χ2v) is 8.35. The maximum Gasteiger partial charge on any atom is 0.269 e. The molecule has 2 amide bonds. The van der Waals surface area contributed by atoms with Gasteiger partial charge in [-0.2, -0.15) is 0 Å². The maximum atomic E-state index is 13.4. The van der Waals surface area contributed by atoms with E-state index in [1.165, 1.54) is 19.1 Å². The highest BCUT2D eigenvalue weighted by Crippen LogP contribution is 2.37. The first-order chi connectivity index (χ1) is 15.7. The molecule has 1 fully saturated rings. The predicted octanol–water partition coefficient (Wildman–Crippen LogP) is 2.20. The van der Waals surface area contributed by atoms with Crippen molar-refractivity contribution in [3.63, 3.8) is 0 Å². The van der Waals surface area contributed by atoms with Crippen molar-refractivity contribution in [2.24, 2.45) is 5.92 Å². The molecule has 1 aliphatic rings. The molecule has 0 saturated carbocycles. The number of imide groups is 1. The minimum atomic E-state index is -1.22. The maximum absolute atomic E-state index is 13.4. The van der Waals surface area contributed by atoms with Gasteiger partial charge in [0.2, 0.25) is 11.8 Å². The molecule has 3 aromatic rings. The van der Waals surface area contributed by atoms with Crippen LogP contribution in [0.2, 0.25) is 0 Å². The number of rotatable bonds is 5. The molecule has 0 aliphatic carbocycles. The number of benzene rings is 2. The molecule has 0 radical (unpaired) electrons. The molecule has 2 aromatic carbocycles. The summed E-state index contributed by atoms with van der Waals surface area (Å²) in [6.07, 6.45) is 0. The van der Waals surface area contributed by atoms with Crippen LogP contribution in [0.3, 0.4) is 0 Å². The van der Waals surface area contributed by atoms with E-state index in [1.54, 1.807) is 19.1 Å². The van der Waals surface area contributed by atoms with E-state index in [1.807, 2.05) is 41.8 Å². The molecule has 0 unspecified atom stereocenters. The molecular weight excluding hydrogens is 422 g/mol. The lowest BCUT2D eigenvalue weighted by molar-refractivity contribution is -0.621. The Morgan fingerprint density at radius 3 is 2.33 bits per heavy atom. The third-order valence-corrected chi connectivity index (χ3v) is 6.34. The van der Waals surface area contributed by atoms with Crippen molar-refractivity contribution in [3.8, 4) is 5.75 Å². The number of phenols is 1. The Balaban J connectivity index is 1.93. The van der Waals surface area contributed by atoms with Crippen LogP contribution in [0, 0.1) is 25.0 Å². The molecule has 0 spiro atoms. The van der Waals surface area contributed by atoms with Crippen LogP contribution >= 0.6 is 0 Å². The van der Waals surface area contributed by atoms with Crippen LogP contribution < -0.4 is 4.73 Å². The second kappa shape index (κ2) is 8.54. The standard InChI is InChI=1S/C25H25N3O5/c1-15-16(2)28(33)24(26(15)13-18-7-5-4-6-8-18)22(19-9-11-20(30)12-10-19)23-21(31)14-27(17(3)29)25(23)32/h4-12,22-23,30H,13-14H2,1-3H3/t22-,23+/m1/s1. The van der Waals surface area contributed by atoms with E-state index in [9.17, 15) is 24.7 Å². The highest BCUT2D eigenvalue weighted by Gasteiger charge is 2.50. The van der Waals surface area contributed by atoms with E-state index < -0.39 is 29.4 Å². The number of phenolic OH excluding ortho intramolecular Hbond substituents is 1. The van der Waals surface area contributed by atoms with Gasteiger partial charge in [0.05, 0.1) is 6.54 Å². The molecule has 0 bridgehead atoms. The highest BCUT2D eigenvalue weighted by molar-refractivity contribution is 6.15. The number of aromatic hydroxyl groups is 1. The molecule has 1 aliphatic heterocycles. The molecule has 1 saturated heterocycles. The van der Waals surface area contributed by atoms with Gasteiger partial charge in [-0.15, -0.1) is 0 Å². The van der Waals surface area contributed by atoms with Crippen molar-refractivity contribution < 1.29 is 24.2 Å². The molecule has 8 heteroatoms. The van der Waals surface area contributed by atoms with Gasteiger partial charge in [0.1, 0.15) is 35.5 Å². The summed E-state index contributed by atoms with van der Waals surface area (Å²) in [5, 5.41) is 23.2. The normalized spacial score (nSPS) is 16.9. The summed E-state index contributed by atoms with van der Waals surface area (Å²) in [5.41, 5.74) is 2.66. The van der Waals surface area contributed by atoms with Crippen LogP contribution in [-0.2, 0) is 20.9 Å². The number of carbonyl (C=O) groups excluding carboxylic acids is 3. The number of aromatic nitrogens is 2. The smallest absolute Gasteiger partial charge is 0.269 e. The highest BCUT2D eigenvalue weighted by atomic mass is 16.5. The van der Waals surface area contributed by atoms with E-state index in [2.05, 4.69) is 0 Å². The van der Waals surface area contributed by atoms with Gasteiger partial charge in [0, 0.05) is 20.8 Å². The average Bonchev–Trinajstić information content (AvgIpc) is 3.20. The van der Waals surface area contributed by atoms with E-state index in [0.29, 0.717) is 23.5 Å². The van der Waals surface area contributed by atoms with Crippen LogP contribution in [-0.4, -0.2) is 38.7 Å². The first-order valence-corrected chi connectivity index (χ1v) is 10.7. The number of imidazole rings is 1. The Morgan fingerprint density at radius 1 is 1.12 bits per heavy atom. The number of amides is 2. The SMILES string of the molecule is CC(=O)N1CC(=O)[C@@H]([C@@H](c2ccc(O)cc2)c2n(Cc3ccccc3)c(C)c(C)[n+]2[O-])C1=O. The fraction of sp³-hybridized carbons (Fsp3) is 0.280. The summed E-state index contributed by atoms with van der Waals surface area (Å²) < 4.78 is 2.60. The van der Waals surface area contributed by atoms with E-state index in [-0.39, 0.29) is 18.1 Å². The molecule has 1 N–H and O–H groups in total. The summed E-state index contributed by atoms with van der Waals surface area (Å²) in [7, 11) is 0. The number of likely N-dealkylation sites (tertiary alicyclic amines) is 1. The number of hydrogen-bond acceptors (Lipinski definition) is 5. The lowest BCUT2D eigenvalue weighted by Gasteiger charge is -2.22. The Bertz CT molecular complexity index is 1230. The van der Waals surface area contributed by atoms with Crippen molar-refractivity contribution in [1.82, 2.24) is 9.47 Å². The van der Waals surface area contributed by atoms with E-state index in [0.717, 1.165) is 15.2 Å². The molecule has 33 heavy (non-hydrogen) atoms. The Hall–Kier alpha value is -3.94. The number of hydrogen-bond donors (Lipinski definition) is 1. The zero-order valence-electron chi connectivity index (χ0n) is 18.7. The van der Waals surface area contributed by atoms with Crippen molar-refractivity contribution in [3.05, 3.63) is 88.1 Å². The Kier molecular flexibility index (Phi) is 5.76. The zero-order chi connectivity index (χ0) is 23.9. The monoisotopic (exact) mass is 447 g/mol. The van der Waals surface area contributed by atoms with Crippen molar-refractivity contribution in [2.75, 3.05) is 6.54 Å². The number of Topliss-reactive ketones (excluding diaryl/α,β-unsaturated/α-hetero) is 1. The van der Waals surface area contributed by atoms with Gasteiger partial charge in [-0.05, 0) is 23.3 Å². The van der Waals surface area contributed by atoms with E-state index >= 15 is 0 Å². The first-order valence-electron chi connectivity index (χ1n) is 10.7. The first kappa shape index (κ1) is 22.3. The van der Waals surface area contributed by atoms with Crippen LogP contribution in [0.1, 0.15) is 41.2 Å². The second-order valence-electron chi connectivity index (χ2n) is 8.35. The summed E-state index contributed by atoms with van der Waals surface area (Å²) in [4.78, 5) is 39.1. The Labute approximate surface area is 191 Å². The third kappa shape index (κ3) is 3.88. The minimum Gasteiger partial charge on any atom is -0.711 e. The molecule has 2 heterocycles. The largest absolute Gasteiger partial charge is 0.711 e. The number of nitrogens with zero attached hydrogens (tertiary/aromatic N) is 3. The third-order valence-electron chi connectivity index (χ3n) is 6.34. The molecule has 1 aromatic heterocycles. The van der Waals surface area contributed by atoms with Crippen LogP contribution in [0.15, 0.2) is 54.6 Å². The number of carbonyl (C=O) groups is 3. The topological polar surface area (TPSA) is 107 Å². The lowest BCUT2D eigenvalue weighted by atomic mass is 9.83. The lowest BCUT2D eigenvalue weighted by Crippen LogP contribution is -2.41. The van der Waals surface area contributed by atoms with Gasteiger partial charge < -0.3 is 10.3 Å². The minimum absolute atomic E-state index is 0.0222. The van der Waals surface area contributed by atoms with Crippen molar-refractivity contribution in [1.29, 1.82) is 0 Å². The fourth-order valence-corrected chi connectivity index (χ4v) is 4.46. The van der Waals surface area contributed by atoms with Gasteiger partial charge in [0.15, 0.2) is 5.78 Å². The van der Waals surface area contributed by atoms with E-state index in [4.69, 9.17) is 0 Å². The van der Waals surface area contributed by atoms with Crippen LogP contribution in [0.4, 0.5) is 0 Å². The molecule has 8 nitrogen and oxygen atoms in total. The average molecular weight is 447 g/mol. The Morgan fingerprint density at radius 2 is 1.76 bits per heavy atom. The van der Waals surface area contributed by atoms with Crippen LogP contribution in [0.5, 0.6) is 5.75 Å². The van der Waals surface area contributed by atoms with Gasteiger partial charge in [0.25, 0.3) is 5.82 Å². The summed E-state index contributed by atoms with van der Waals surface area (Å²) in [5.74, 6) is -3.43. The van der Waals surface area contributed by atoms with Crippen molar-refractivity contribution in [2.45, 2.75) is 33.2 Å². The molecular formula is C25H25N3O5. The van der Waals surface area contributed by atoms with Gasteiger partial charge in [-0.1, -0.05) is 42.5 Å². The molecule has 2 atom stereocenters. The summed E-state index contributed by atoms with van der Waals surface area (Å²) >= 11 is 0. The van der Waals surface area contributed by atoms with Crippen molar-refractivity contribution >= 4 is 17.6 Å². The predicted molar refractivity (Wildman–Crippen MR) is 119 cm³/mol. The number of ketones is 1. The van der Waals surface area contributed by atoms with Gasteiger partial charge >= 0.3 is 0 Å². The van der Waals surface area contributed by atoms with Gasteiger partial charge in [-0.3, -0.25) is 19.3 Å². The van der Waals surface area contributed by atoms with Gasteiger partial charge in [-0.25, -0.2) is 9.30 Å². The molecule has 170 valence electrons. The van der Waals surface area contributed by atoms with Crippen LogP contribution in [0.25, 0.3) is 0 Å². The summed E-state index contributed by atoms with van der Waals surface area (Å²) in [6, 6.07) is 15.7. The fourth-order valence-electron chi connectivity index (χ4n) is 4.46.